The smallest absolute Gasteiger partial charge is 0.307 e. The van der Waals surface area contributed by atoms with Crippen molar-refractivity contribution in [3.63, 3.8) is 0 Å². The number of amides is 1. The SMILES string of the molecule is CC1CC(C(=O)O)C(C(=O)Nc2c(F)cccc2Cl)C1. The van der Waals surface area contributed by atoms with Gasteiger partial charge in [0.25, 0.3) is 0 Å². The Bertz CT molecular complexity index is 529. The maximum absolute atomic E-state index is 13.6. The van der Waals surface area contributed by atoms with Crippen LogP contribution in [0.4, 0.5) is 10.1 Å². The van der Waals surface area contributed by atoms with Crippen LogP contribution in [0.25, 0.3) is 0 Å². The molecule has 1 saturated carbocycles. The van der Waals surface area contributed by atoms with E-state index in [1.54, 1.807) is 0 Å². The van der Waals surface area contributed by atoms with Crippen molar-refractivity contribution in [3.8, 4) is 0 Å². The third-order valence-electron chi connectivity index (χ3n) is 3.66. The topological polar surface area (TPSA) is 66.4 Å². The minimum atomic E-state index is -0.992. The van der Waals surface area contributed by atoms with Crippen LogP contribution in [0, 0.1) is 23.6 Å². The van der Waals surface area contributed by atoms with E-state index in [2.05, 4.69) is 5.32 Å². The summed E-state index contributed by atoms with van der Waals surface area (Å²) >= 11 is 5.84. The fraction of sp³-hybridized carbons (Fsp3) is 0.429. The summed E-state index contributed by atoms with van der Waals surface area (Å²) in [6, 6.07) is 4.09. The van der Waals surface area contributed by atoms with E-state index >= 15 is 0 Å². The predicted molar refractivity (Wildman–Crippen MR) is 73.1 cm³/mol. The fourth-order valence-electron chi connectivity index (χ4n) is 2.69. The summed E-state index contributed by atoms with van der Waals surface area (Å²) in [6.07, 6.45) is 0.938. The van der Waals surface area contributed by atoms with E-state index in [9.17, 15) is 14.0 Å². The predicted octanol–water partition coefficient (Wildman–Crippen LogP) is 3.16. The average Bonchev–Trinajstić information content (AvgIpc) is 2.76. The zero-order valence-electron chi connectivity index (χ0n) is 10.9. The lowest BCUT2D eigenvalue weighted by Gasteiger charge is -2.16. The Labute approximate surface area is 120 Å². The maximum atomic E-state index is 13.6. The van der Waals surface area contributed by atoms with Gasteiger partial charge in [0.1, 0.15) is 5.82 Å². The van der Waals surface area contributed by atoms with Crippen LogP contribution in [0.1, 0.15) is 19.8 Å². The van der Waals surface area contributed by atoms with E-state index in [1.807, 2.05) is 6.92 Å². The van der Waals surface area contributed by atoms with E-state index in [0.29, 0.717) is 12.8 Å². The lowest BCUT2D eigenvalue weighted by molar-refractivity contribution is -0.145. The average molecular weight is 300 g/mol. The van der Waals surface area contributed by atoms with Gasteiger partial charge in [-0.3, -0.25) is 9.59 Å². The number of carboxylic acids is 1. The first-order valence-electron chi connectivity index (χ1n) is 6.37. The van der Waals surface area contributed by atoms with Gasteiger partial charge in [-0.05, 0) is 30.9 Å². The number of nitrogens with one attached hydrogen (secondary N) is 1. The zero-order valence-corrected chi connectivity index (χ0v) is 11.7. The van der Waals surface area contributed by atoms with Crippen molar-refractivity contribution < 1.29 is 19.1 Å². The van der Waals surface area contributed by atoms with Crippen LogP contribution >= 0.6 is 11.6 Å². The number of halogens is 2. The quantitative estimate of drug-likeness (QED) is 0.901. The molecule has 1 amide bonds. The summed E-state index contributed by atoms with van der Waals surface area (Å²) in [5, 5.41) is 11.7. The van der Waals surface area contributed by atoms with Crippen molar-refractivity contribution in [1.82, 2.24) is 0 Å². The van der Waals surface area contributed by atoms with Gasteiger partial charge in [-0.2, -0.15) is 0 Å². The summed E-state index contributed by atoms with van der Waals surface area (Å²) in [7, 11) is 0. The highest BCUT2D eigenvalue weighted by atomic mass is 35.5. The molecule has 1 aliphatic rings. The molecule has 1 aromatic carbocycles. The van der Waals surface area contributed by atoms with E-state index < -0.39 is 29.5 Å². The number of anilines is 1. The molecule has 1 fully saturated rings. The molecule has 108 valence electrons. The van der Waals surface area contributed by atoms with Crippen molar-refractivity contribution >= 4 is 29.2 Å². The molecule has 2 N–H and O–H groups in total. The van der Waals surface area contributed by atoms with Crippen LogP contribution in [0.5, 0.6) is 0 Å². The molecule has 0 aromatic heterocycles. The molecule has 4 nitrogen and oxygen atoms in total. The number of carbonyl (C=O) groups excluding carboxylic acids is 1. The number of carboxylic acid groups (broad SMARTS) is 1. The number of benzene rings is 1. The van der Waals surface area contributed by atoms with Crippen LogP contribution in [-0.4, -0.2) is 17.0 Å². The Morgan fingerprint density at radius 2 is 2.00 bits per heavy atom. The highest BCUT2D eigenvalue weighted by Gasteiger charge is 2.41. The summed E-state index contributed by atoms with van der Waals surface area (Å²) < 4.78 is 13.6. The summed E-state index contributed by atoms with van der Waals surface area (Å²) in [4.78, 5) is 23.3. The molecule has 0 saturated heterocycles. The highest BCUT2D eigenvalue weighted by molar-refractivity contribution is 6.33. The van der Waals surface area contributed by atoms with E-state index in [-0.39, 0.29) is 16.6 Å². The van der Waals surface area contributed by atoms with Gasteiger partial charge in [0, 0.05) is 0 Å². The van der Waals surface area contributed by atoms with Crippen molar-refractivity contribution in [1.29, 1.82) is 0 Å². The van der Waals surface area contributed by atoms with Crippen LogP contribution in [0.3, 0.4) is 0 Å². The van der Waals surface area contributed by atoms with Crippen LogP contribution in [0.2, 0.25) is 5.02 Å². The normalized spacial score (nSPS) is 25.4. The van der Waals surface area contributed by atoms with Crippen LogP contribution < -0.4 is 5.32 Å². The first-order chi connectivity index (χ1) is 9.40. The molecule has 1 aliphatic carbocycles. The monoisotopic (exact) mass is 299 g/mol. The third-order valence-corrected chi connectivity index (χ3v) is 3.98. The second kappa shape index (κ2) is 5.79. The van der Waals surface area contributed by atoms with Crippen molar-refractivity contribution in [2.75, 3.05) is 5.32 Å². The molecule has 6 heteroatoms. The van der Waals surface area contributed by atoms with Gasteiger partial charge in [0.05, 0.1) is 22.5 Å². The largest absolute Gasteiger partial charge is 0.481 e. The van der Waals surface area contributed by atoms with Crippen molar-refractivity contribution in [2.45, 2.75) is 19.8 Å². The first kappa shape index (κ1) is 14.8. The Morgan fingerprint density at radius 1 is 1.35 bits per heavy atom. The number of para-hydroxylation sites is 1. The molecule has 3 unspecified atom stereocenters. The zero-order chi connectivity index (χ0) is 14.9. The van der Waals surface area contributed by atoms with Crippen LogP contribution in [-0.2, 0) is 9.59 Å². The number of carbonyl (C=O) groups is 2. The Morgan fingerprint density at radius 3 is 2.60 bits per heavy atom. The molecule has 0 heterocycles. The highest BCUT2D eigenvalue weighted by Crippen LogP contribution is 2.37. The number of aliphatic carboxylic acids is 1. The van der Waals surface area contributed by atoms with Crippen molar-refractivity contribution in [3.05, 3.63) is 29.0 Å². The minimum Gasteiger partial charge on any atom is -0.481 e. The van der Waals surface area contributed by atoms with Gasteiger partial charge in [0.2, 0.25) is 5.91 Å². The molecule has 0 radical (unpaired) electrons. The molecule has 2 rings (SSSR count). The fourth-order valence-corrected chi connectivity index (χ4v) is 2.90. The molecule has 3 atom stereocenters. The lowest BCUT2D eigenvalue weighted by atomic mass is 9.95. The Kier molecular flexibility index (Phi) is 4.28. The first-order valence-corrected chi connectivity index (χ1v) is 6.75. The van der Waals surface area contributed by atoms with Gasteiger partial charge in [-0.15, -0.1) is 0 Å². The maximum Gasteiger partial charge on any atom is 0.307 e. The molecular formula is C14H15ClFNO3. The molecule has 0 aliphatic heterocycles. The van der Waals surface area contributed by atoms with E-state index in [0.717, 1.165) is 0 Å². The number of hydrogen-bond donors (Lipinski definition) is 2. The van der Waals surface area contributed by atoms with Gasteiger partial charge in [0.15, 0.2) is 0 Å². The van der Waals surface area contributed by atoms with Gasteiger partial charge < -0.3 is 10.4 Å². The second-order valence-electron chi connectivity index (χ2n) is 5.21. The summed E-state index contributed by atoms with van der Waals surface area (Å²) in [5.74, 6) is -3.34. The van der Waals surface area contributed by atoms with E-state index in [1.165, 1.54) is 18.2 Å². The van der Waals surface area contributed by atoms with Gasteiger partial charge in [-0.1, -0.05) is 24.6 Å². The molecular weight excluding hydrogens is 285 g/mol. The van der Waals surface area contributed by atoms with Gasteiger partial charge >= 0.3 is 5.97 Å². The van der Waals surface area contributed by atoms with Crippen molar-refractivity contribution in [2.24, 2.45) is 17.8 Å². The lowest BCUT2D eigenvalue weighted by Crippen LogP contribution is -2.30. The Balaban J connectivity index is 2.18. The molecule has 1 aromatic rings. The third kappa shape index (κ3) is 2.93. The number of hydrogen-bond acceptors (Lipinski definition) is 2. The summed E-state index contributed by atoms with van der Waals surface area (Å²) in [6.45, 7) is 1.90. The summed E-state index contributed by atoms with van der Waals surface area (Å²) in [5.41, 5.74) is -0.0946. The van der Waals surface area contributed by atoms with E-state index in [4.69, 9.17) is 16.7 Å². The van der Waals surface area contributed by atoms with Crippen LogP contribution in [0.15, 0.2) is 18.2 Å². The standard InChI is InChI=1S/C14H15ClFNO3/c1-7-5-8(9(6-7)14(19)20)13(18)17-12-10(15)3-2-4-11(12)16/h2-4,7-9H,5-6H2,1H3,(H,17,18)(H,19,20). The van der Waals surface area contributed by atoms with Gasteiger partial charge in [-0.25, -0.2) is 4.39 Å². The minimum absolute atomic E-state index is 0.0938. The molecule has 0 spiro atoms. The molecule has 20 heavy (non-hydrogen) atoms. The molecule has 0 bridgehead atoms. The Hall–Kier alpha value is -1.62. The second-order valence-corrected chi connectivity index (χ2v) is 5.62. The number of rotatable bonds is 3.